The number of amides is 2. The number of para-hydroxylation sites is 1. The first-order valence-corrected chi connectivity index (χ1v) is 9.40. The Kier molecular flexibility index (Phi) is 5.59. The number of aryl methyl sites for hydroxylation is 2. The summed E-state index contributed by atoms with van der Waals surface area (Å²) < 4.78 is 0. The van der Waals surface area contributed by atoms with Crippen molar-refractivity contribution in [1.29, 1.82) is 5.26 Å². The fourth-order valence-electron chi connectivity index (χ4n) is 3.00. The molecule has 0 spiro atoms. The van der Waals surface area contributed by atoms with Crippen LogP contribution in [0.5, 0.6) is 0 Å². The number of thioether (sulfide) groups is 1. The first-order chi connectivity index (χ1) is 12.6. The summed E-state index contributed by atoms with van der Waals surface area (Å²) in [7, 11) is 0. The Morgan fingerprint density at radius 1 is 1.27 bits per heavy atom. The van der Waals surface area contributed by atoms with Crippen LogP contribution in [0.3, 0.4) is 0 Å². The highest BCUT2D eigenvalue weighted by molar-refractivity contribution is 8.14. The Balaban J connectivity index is 1.61. The molecule has 0 aromatic heterocycles. The Labute approximate surface area is 157 Å². The van der Waals surface area contributed by atoms with Gasteiger partial charge in [-0.1, -0.05) is 41.6 Å². The highest BCUT2D eigenvalue weighted by Gasteiger charge is 2.23. The molecule has 5 nitrogen and oxygen atoms in total. The van der Waals surface area contributed by atoms with Gasteiger partial charge in [-0.05, 0) is 43.5 Å². The van der Waals surface area contributed by atoms with E-state index in [0.29, 0.717) is 17.8 Å². The summed E-state index contributed by atoms with van der Waals surface area (Å²) in [6.45, 7) is 2.71. The van der Waals surface area contributed by atoms with E-state index in [4.69, 9.17) is 5.26 Å². The molecule has 2 amide bonds. The third-order valence-corrected chi connectivity index (χ3v) is 5.10. The van der Waals surface area contributed by atoms with Crippen molar-refractivity contribution in [2.75, 3.05) is 22.5 Å². The van der Waals surface area contributed by atoms with Crippen LogP contribution in [-0.2, 0) is 11.2 Å². The molecule has 0 saturated heterocycles. The van der Waals surface area contributed by atoms with Crippen molar-refractivity contribution in [2.45, 2.75) is 19.8 Å². The Hall–Kier alpha value is -2.78. The number of anilines is 2. The first-order valence-electron chi connectivity index (χ1n) is 8.41. The molecule has 132 valence electrons. The van der Waals surface area contributed by atoms with E-state index in [1.54, 1.807) is 29.2 Å². The molecule has 0 aliphatic carbocycles. The summed E-state index contributed by atoms with van der Waals surface area (Å²) >= 11 is 0.984. The predicted octanol–water partition coefficient (Wildman–Crippen LogP) is 4.11. The van der Waals surface area contributed by atoms with Crippen molar-refractivity contribution in [3.05, 3.63) is 59.2 Å². The summed E-state index contributed by atoms with van der Waals surface area (Å²) in [6.07, 6.45) is 1.89. The van der Waals surface area contributed by atoms with E-state index in [0.717, 1.165) is 30.3 Å². The van der Waals surface area contributed by atoms with Crippen LogP contribution in [0.2, 0.25) is 0 Å². The van der Waals surface area contributed by atoms with Crippen LogP contribution < -0.4 is 10.2 Å². The fourth-order valence-corrected chi connectivity index (χ4v) is 3.67. The van der Waals surface area contributed by atoms with Gasteiger partial charge in [0.05, 0.1) is 17.0 Å². The van der Waals surface area contributed by atoms with E-state index in [1.807, 2.05) is 25.1 Å². The number of rotatable bonds is 3. The maximum absolute atomic E-state index is 12.6. The van der Waals surface area contributed by atoms with Crippen molar-refractivity contribution in [2.24, 2.45) is 0 Å². The number of carbonyl (C=O) groups is 2. The lowest BCUT2D eigenvalue weighted by Crippen LogP contribution is -2.33. The standard InChI is InChI=1S/C20H19N3O2S/c1-14-8-9-18-15(11-14)6-4-10-23(18)20(25)26-13-19(24)22-17-7-3-2-5-16(17)12-21/h2-3,5,7-9,11H,4,6,10,13H2,1H3,(H,22,24). The summed E-state index contributed by atoms with van der Waals surface area (Å²) in [5, 5.41) is 11.6. The second-order valence-electron chi connectivity index (χ2n) is 6.15. The fraction of sp³-hybridized carbons (Fsp3) is 0.250. The van der Waals surface area contributed by atoms with Crippen LogP contribution in [0.15, 0.2) is 42.5 Å². The van der Waals surface area contributed by atoms with Gasteiger partial charge in [0, 0.05) is 12.2 Å². The smallest absolute Gasteiger partial charge is 0.286 e. The highest BCUT2D eigenvalue weighted by atomic mass is 32.2. The molecule has 26 heavy (non-hydrogen) atoms. The van der Waals surface area contributed by atoms with Crippen molar-refractivity contribution < 1.29 is 9.59 Å². The minimum absolute atomic E-state index is 0.0102. The number of hydrogen-bond acceptors (Lipinski definition) is 4. The van der Waals surface area contributed by atoms with Gasteiger partial charge in [-0.2, -0.15) is 5.26 Å². The molecule has 0 atom stereocenters. The molecule has 1 N–H and O–H groups in total. The largest absolute Gasteiger partial charge is 0.324 e. The van der Waals surface area contributed by atoms with Gasteiger partial charge in [-0.15, -0.1) is 0 Å². The molecule has 0 fully saturated rings. The maximum atomic E-state index is 12.6. The Bertz CT molecular complexity index is 889. The molecule has 0 radical (unpaired) electrons. The number of hydrogen-bond donors (Lipinski definition) is 1. The number of fused-ring (bicyclic) bond motifs is 1. The molecule has 0 unspecified atom stereocenters. The minimum atomic E-state index is -0.299. The zero-order chi connectivity index (χ0) is 18.5. The van der Waals surface area contributed by atoms with Crippen LogP contribution in [0.4, 0.5) is 16.2 Å². The van der Waals surface area contributed by atoms with E-state index in [9.17, 15) is 9.59 Å². The minimum Gasteiger partial charge on any atom is -0.324 e. The van der Waals surface area contributed by atoms with E-state index < -0.39 is 0 Å². The van der Waals surface area contributed by atoms with Gasteiger partial charge < -0.3 is 10.2 Å². The number of carbonyl (C=O) groups excluding carboxylic acids is 2. The lowest BCUT2D eigenvalue weighted by molar-refractivity contribution is -0.113. The van der Waals surface area contributed by atoms with Gasteiger partial charge in [0.2, 0.25) is 5.91 Å². The molecular formula is C20H19N3O2S. The van der Waals surface area contributed by atoms with E-state index >= 15 is 0 Å². The van der Waals surface area contributed by atoms with Gasteiger partial charge in [-0.25, -0.2) is 0 Å². The highest BCUT2D eigenvalue weighted by Crippen LogP contribution is 2.30. The number of nitrogens with zero attached hydrogens (tertiary/aromatic N) is 2. The van der Waals surface area contributed by atoms with Gasteiger partial charge >= 0.3 is 0 Å². The van der Waals surface area contributed by atoms with E-state index in [-0.39, 0.29) is 16.9 Å². The van der Waals surface area contributed by atoms with Gasteiger partial charge in [0.25, 0.3) is 5.24 Å². The summed E-state index contributed by atoms with van der Waals surface area (Å²) in [4.78, 5) is 26.5. The molecule has 6 heteroatoms. The Morgan fingerprint density at radius 3 is 2.88 bits per heavy atom. The molecule has 1 aliphatic rings. The van der Waals surface area contributed by atoms with Crippen molar-refractivity contribution in [3.63, 3.8) is 0 Å². The second-order valence-corrected chi connectivity index (χ2v) is 7.07. The van der Waals surface area contributed by atoms with Gasteiger partial charge in [0.1, 0.15) is 6.07 Å². The molecule has 0 saturated carbocycles. The molecule has 1 heterocycles. The SMILES string of the molecule is Cc1ccc2c(c1)CCCN2C(=O)SCC(=O)Nc1ccccc1C#N. The van der Waals surface area contributed by atoms with Crippen LogP contribution >= 0.6 is 11.8 Å². The average molecular weight is 365 g/mol. The molecule has 3 rings (SSSR count). The zero-order valence-electron chi connectivity index (χ0n) is 14.5. The lowest BCUT2D eigenvalue weighted by atomic mass is 10.0. The van der Waals surface area contributed by atoms with E-state index in [2.05, 4.69) is 11.4 Å². The average Bonchev–Trinajstić information content (AvgIpc) is 2.65. The third kappa shape index (κ3) is 4.06. The Morgan fingerprint density at radius 2 is 2.08 bits per heavy atom. The van der Waals surface area contributed by atoms with Crippen molar-refractivity contribution in [3.8, 4) is 6.07 Å². The normalized spacial score (nSPS) is 12.8. The van der Waals surface area contributed by atoms with E-state index in [1.165, 1.54) is 11.1 Å². The van der Waals surface area contributed by atoms with Gasteiger partial charge in [0.15, 0.2) is 0 Å². The number of benzene rings is 2. The van der Waals surface area contributed by atoms with Crippen LogP contribution in [0, 0.1) is 18.3 Å². The predicted molar refractivity (Wildman–Crippen MR) is 104 cm³/mol. The van der Waals surface area contributed by atoms with Crippen molar-refractivity contribution >= 4 is 34.3 Å². The lowest BCUT2D eigenvalue weighted by Gasteiger charge is -2.29. The molecule has 1 aliphatic heterocycles. The quantitative estimate of drug-likeness (QED) is 0.888. The zero-order valence-corrected chi connectivity index (χ0v) is 15.3. The van der Waals surface area contributed by atoms with Crippen molar-refractivity contribution in [1.82, 2.24) is 0 Å². The third-order valence-electron chi connectivity index (χ3n) is 4.22. The first kappa shape index (κ1) is 18.0. The summed E-state index contributed by atoms with van der Waals surface area (Å²) in [5.41, 5.74) is 4.16. The van der Waals surface area contributed by atoms with Crippen LogP contribution in [-0.4, -0.2) is 23.4 Å². The molecule has 0 bridgehead atoms. The van der Waals surface area contributed by atoms with Crippen LogP contribution in [0.1, 0.15) is 23.1 Å². The summed E-state index contributed by atoms with van der Waals surface area (Å²) in [5.74, 6) is -0.289. The maximum Gasteiger partial charge on any atom is 0.286 e. The number of nitrogens with one attached hydrogen (secondary N) is 1. The molecule has 2 aromatic rings. The monoisotopic (exact) mass is 365 g/mol. The second kappa shape index (κ2) is 8.07. The van der Waals surface area contributed by atoms with Gasteiger partial charge in [-0.3, -0.25) is 9.59 Å². The molecule has 2 aromatic carbocycles. The molecular weight excluding hydrogens is 346 g/mol. The van der Waals surface area contributed by atoms with Crippen LogP contribution in [0.25, 0.3) is 0 Å². The summed E-state index contributed by atoms with van der Waals surface area (Å²) in [6, 6.07) is 14.9. The number of nitriles is 1. The topological polar surface area (TPSA) is 73.2 Å².